The third kappa shape index (κ3) is 4.48. The minimum atomic E-state index is -0.366. The fourth-order valence-corrected chi connectivity index (χ4v) is 3.12. The van der Waals surface area contributed by atoms with Gasteiger partial charge in [0.25, 0.3) is 0 Å². The third-order valence-electron chi connectivity index (χ3n) is 3.48. The number of benzene rings is 1. The van der Waals surface area contributed by atoms with E-state index in [1.807, 2.05) is 0 Å². The van der Waals surface area contributed by atoms with Crippen LogP contribution in [0.4, 0.5) is 0 Å². The first-order chi connectivity index (χ1) is 11.6. The van der Waals surface area contributed by atoms with Gasteiger partial charge in [-0.15, -0.1) is 5.10 Å². The second-order valence-corrected chi connectivity index (χ2v) is 6.47. The van der Waals surface area contributed by atoms with Crippen molar-refractivity contribution in [2.24, 2.45) is 0 Å². The first-order valence-corrected chi connectivity index (χ1v) is 8.44. The van der Waals surface area contributed by atoms with Gasteiger partial charge in [0.15, 0.2) is 10.9 Å². The van der Waals surface area contributed by atoms with Crippen LogP contribution in [0.2, 0.25) is 0 Å². The molecule has 0 radical (unpaired) electrons. The largest absolute Gasteiger partial charge is 0.497 e. The number of nitrogens with one attached hydrogen (secondary N) is 1. The Hall–Kier alpha value is -2.06. The molecule has 7 nitrogen and oxygen atoms in total. The molecule has 1 heterocycles. The van der Waals surface area contributed by atoms with Crippen molar-refractivity contribution in [1.82, 2.24) is 14.8 Å². The highest BCUT2D eigenvalue weighted by atomic mass is 32.2. The number of hydrogen-bond donors (Lipinski definition) is 1. The molecule has 1 unspecified atom stereocenters. The van der Waals surface area contributed by atoms with E-state index in [9.17, 15) is 9.59 Å². The minimum absolute atomic E-state index is 0.0263. The van der Waals surface area contributed by atoms with E-state index in [1.165, 1.54) is 16.3 Å². The van der Waals surface area contributed by atoms with Crippen molar-refractivity contribution < 1.29 is 14.3 Å². The van der Waals surface area contributed by atoms with Crippen LogP contribution >= 0.6 is 11.8 Å². The van der Waals surface area contributed by atoms with E-state index in [-0.39, 0.29) is 16.7 Å². The fourth-order valence-electron chi connectivity index (χ4n) is 2.16. The summed E-state index contributed by atoms with van der Waals surface area (Å²) in [7, 11) is 3.19. The molecule has 1 atom stereocenters. The van der Waals surface area contributed by atoms with Crippen LogP contribution in [0.15, 0.2) is 34.2 Å². The summed E-state index contributed by atoms with van der Waals surface area (Å²) in [5.41, 5.74) is 0.317. The summed E-state index contributed by atoms with van der Waals surface area (Å²) >= 11 is 1.26. The molecule has 0 saturated carbocycles. The first-order valence-electron chi connectivity index (χ1n) is 7.56. The van der Waals surface area contributed by atoms with Gasteiger partial charge < -0.3 is 9.47 Å². The lowest BCUT2D eigenvalue weighted by atomic mass is 10.1. The van der Waals surface area contributed by atoms with Crippen molar-refractivity contribution in [2.75, 3.05) is 20.8 Å². The second kappa shape index (κ2) is 8.70. The third-order valence-corrected chi connectivity index (χ3v) is 4.57. The zero-order valence-corrected chi connectivity index (χ0v) is 14.8. The number of hydrogen-bond acceptors (Lipinski definition) is 6. The molecule has 0 aliphatic carbocycles. The number of H-pyrrole nitrogens is 1. The monoisotopic (exact) mass is 351 g/mol. The number of carbonyl (C=O) groups excluding carboxylic acids is 1. The zero-order chi connectivity index (χ0) is 17.5. The van der Waals surface area contributed by atoms with E-state index >= 15 is 0 Å². The van der Waals surface area contributed by atoms with Gasteiger partial charge >= 0.3 is 5.69 Å². The van der Waals surface area contributed by atoms with Gasteiger partial charge in [-0.3, -0.25) is 9.36 Å². The predicted molar refractivity (Wildman–Crippen MR) is 92.0 cm³/mol. The number of methoxy groups -OCH3 is 2. The molecule has 2 aromatic rings. The van der Waals surface area contributed by atoms with E-state index < -0.39 is 0 Å². The minimum Gasteiger partial charge on any atom is -0.497 e. The van der Waals surface area contributed by atoms with Crippen LogP contribution in [0, 0.1) is 0 Å². The first kappa shape index (κ1) is 18.3. The molecular formula is C16H21N3O4S. The summed E-state index contributed by atoms with van der Waals surface area (Å²) in [5.74, 6) is 0.674. The average Bonchev–Trinajstić information content (AvgIpc) is 2.94. The number of ether oxygens (including phenoxy) is 2. The van der Waals surface area contributed by atoms with Crippen molar-refractivity contribution in [2.45, 2.75) is 30.3 Å². The van der Waals surface area contributed by atoms with Crippen LogP contribution in [0.25, 0.3) is 0 Å². The Labute approximate surface area is 144 Å². The number of rotatable bonds is 9. The molecule has 24 heavy (non-hydrogen) atoms. The SMILES string of the molecule is COCCCn1c(SC(C)C(=O)c2ccc(OC)cc2)n[nH]c1=O. The van der Waals surface area contributed by atoms with Gasteiger partial charge in [0.2, 0.25) is 0 Å². The van der Waals surface area contributed by atoms with Crippen molar-refractivity contribution in [3.8, 4) is 5.75 Å². The number of aromatic nitrogens is 3. The molecule has 130 valence electrons. The topological polar surface area (TPSA) is 86.2 Å². The quantitative estimate of drug-likeness (QED) is 0.422. The molecule has 0 fully saturated rings. The maximum absolute atomic E-state index is 12.5. The molecular weight excluding hydrogens is 330 g/mol. The van der Waals surface area contributed by atoms with Crippen molar-refractivity contribution in [3.05, 3.63) is 40.3 Å². The Bertz CT molecular complexity index is 724. The summed E-state index contributed by atoms with van der Waals surface area (Å²) in [6, 6.07) is 6.96. The van der Waals surface area contributed by atoms with Crippen LogP contribution in [0.1, 0.15) is 23.7 Å². The molecule has 0 bridgehead atoms. The van der Waals surface area contributed by atoms with E-state index in [0.29, 0.717) is 36.0 Å². The second-order valence-electron chi connectivity index (χ2n) is 5.16. The maximum atomic E-state index is 12.5. The number of thioether (sulfide) groups is 1. The summed E-state index contributed by atoms with van der Waals surface area (Å²) in [5, 5.41) is 6.58. The molecule has 1 N–H and O–H groups in total. The highest BCUT2D eigenvalue weighted by molar-refractivity contribution is 8.00. The van der Waals surface area contributed by atoms with E-state index in [1.54, 1.807) is 45.4 Å². The van der Waals surface area contributed by atoms with Crippen LogP contribution in [-0.2, 0) is 11.3 Å². The van der Waals surface area contributed by atoms with Crippen LogP contribution in [-0.4, -0.2) is 46.6 Å². The summed E-state index contributed by atoms with van der Waals surface area (Å²) in [6.45, 7) is 2.85. The number of aromatic amines is 1. The van der Waals surface area contributed by atoms with Gasteiger partial charge in [0.05, 0.1) is 12.4 Å². The zero-order valence-electron chi connectivity index (χ0n) is 13.9. The molecule has 0 amide bonds. The molecule has 8 heteroatoms. The Morgan fingerprint density at radius 3 is 2.67 bits per heavy atom. The van der Waals surface area contributed by atoms with Crippen LogP contribution in [0.5, 0.6) is 5.75 Å². The molecule has 1 aromatic carbocycles. The lowest BCUT2D eigenvalue weighted by Crippen LogP contribution is -2.20. The molecule has 0 spiro atoms. The highest BCUT2D eigenvalue weighted by Crippen LogP contribution is 2.24. The molecule has 0 aliphatic rings. The standard InChI is InChI=1S/C16H21N3O4S/c1-11(14(20)12-5-7-13(23-3)8-6-12)24-16-18-17-15(21)19(16)9-4-10-22-2/h5-8,11H,4,9-10H2,1-3H3,(H,17,21). The van der Waals surface area contributed by atoms with E-state index in [4.69, 9.17) is 9.47 Å². The number of carbonyl (C=O) groups is 1. The Balaban J connectivity index is 2.06. The van der Waals surface area contributed by atoms with Gasteiger partial charge in [0.1, 0.15) is 5.75 Å². The smallest absolute Gasteiger partial charge is 0.343 e. The Morgan fingerprint density at radius 2 is 2.04 bits per heavy atom. The maximum Gasteiger partial charge on any atom is 0.343 e. The van der Waals surface area contributed by atoms with E-state index in [2.05, 4.69) is 10.2 Å². The summed E-state index contributed by atoms with van der Waals surface area (Å²) in [4.78, 5) is 24.3. The number of Topliss-reactive ketones (excluding diaryl/α,β-unsaturated/α-hetero) is 1. The molecule has 1 aromatic heterocycles. The fraction of sp³-hybridized carbons (Fsp3) is 0.438. The lowest BCUT2D eigenvalue weighted by molar-refractivity contribution is 0.0993. The number of nitrogens with zero attached hydrogens (tertiary/aromatic N) is 2. The van der Waals surface area contributed by atoms with Crippen molar-refractivity contribution >= 4 is 17.5 Å². The van der Waals surface area contributed by atoms with Gasteiger partial charge in [-0.05, 0) is 37.6 Å². The van der Waals surface area contributed by atoms with Gasteiger partial charge in [-0.1, -0.05) is 11.8 Å². The molecule has 2 rings (SSSR count). The van der Waals surface area contributed by atoms with Crippen molar-refractivity contribution in [3.63, 3.8) is 0 Å². The average molecular weight is 351 g/mol. The van der Waals surface area contributed by atoms with Gasteiger partial charge in [0, 0.05) is 25.8 Å². The van der Waals surface area contributed by atoms with Gasteiger partial charge in [-0.2, -0.15) is 0 Å². The summed E-state index contributed by atoms with van der Waals surface area (Å²) in [6.07, 6.45) is 0.699. The van der Waals surface area contributed by atoms with Crippen molar-refractivity contribution in [1.29, 1.82) is 0 Å². The number of ketones is 1. The Morgan fingerprint density at radius 1 is 1.33 bits per heavy atom. The normalized spacial score (nSPS) is 12.1. The Kier molecular flexibility index (Phi) is 6.62. The highest BCUT2D eigenvalue weighted by Gasteiger charge is 2.20. The lowest BCUT2D eigenvalue weighted by Gasteiger charge is -2.11. The van der Waals surface area contributed by atoms with E-state index in [0.717, 1.165) is 0 Å². The summed E-state index contributed by atoms with van der Waals surface area (Å²) < 4.78 is 11.6. The predicted octanol–water partition coefficient (Wildman–Crippen LogP) is 1.98. The molecule has 0 aliphatic heterocycles. The van der Waals surface area contributed by atoms with Crippen LogP contribution < -0.4 is 10.4 Å². The molecule has 0 saturated heterocycles. The van der Waals surface area contributed by atoms with Crippen LogP contribution in [0.3, 0.4) is 0 Å². The van der Waals surface area contributed by atoms with Gasteiger partial charge in [-0.25, -0.2) is 9.89 Å².